The van der Waals surface area contributed by atoms with Crippen molar-refractivity contribution in [1.82, 2.24) is 10.1 Å². The molecule has 5 nitrogen and oxygen atoms in total. The van der Waals surface area contributed by atoms with E-state index in [9.17, 15) is 0 Å². The van der Waals surface area contributed by atoms with Gasteiger partial charge in [0.05, 0.1) is 15.6 Å². The maximum atomic E-state index is 9.07. The van der Waals surface area contributed by atoms with Crippen LogP contribution in [0.1, 0.15) is 17.3 Å². The van der Waals surface area contributed by atoms with Crippen molar-refractivity contribution in [3.8, 4) is 5.75 Å². The van der Waals surface area contributed by atoms with Crippen LogP contribution in [0.15, 0.2) is 25.6 Å². The normalized spacial score (nSPS) is 10.7. The van der Waals surface area contributed by atoms with Gasteiger partial charge in [-0.05, 0) is 56.5 Å². The Morgan fingerprint density at radius 1 is 1.33 bits per heavy atom. The van der Waals surface area contributed by atoms with Gasteiger partial charge in [0.15, 0.2) is 12.4 Å². The largest absolute Gasteiger partial charge is 0.481 e. The fourth-order valence-electron chi connectivity index (χ4n) is 1.37. The van der Waals surface area contributed by atoms with Gasteiger partial charge in [-0.25, -0.2) is 0 Å². The number of hydrogen-bond acceptors (Lipinski definition) is 5. The highest BCUT2D eigenvalue weighted by atomic mass is 79.9. The molecule has 0 unspecified atom stereocenters. The number of halogens is 2. The van der Waals surface area contributed by atoms with Crippen molar-refractivity contribution in [2.45, 2.75) is 20.1 Å². The molecule has 1 heterocycles. The number of hydrogen-bond donors (Lipinski definition) is 1. The van der Waals surface area contributed by atoms with Crippen molar-refractivity contribution in [3.05, 3.63) is 38.4 Å². The molecule has 0 fully saturated rings. The lowest BCUT2D eigenvalue weighted by Gasteiger charge is -2.09. The predicted molar refractivity (Wildman–Crippen MR) is 71.1 cm³/mol. The molecule has 0 aliphatic heterocycles. The van der Waals surface area contributed by atoms with E-state index in [0.29, 0.717) is 17.5 Å². The van der Waals surface area contributed by atoms with Crippen molar-refractivity contribution in [1.29, 1.82) is 0 Å². The maximum Gasteiger partial charge on any atom is 0.264 e. The van der Waals surface area contributed by atoms with E-state index in [4.69, 9.17) is 14.4 Å². The molecule has 0 aliphatic carbocycles. The molecule has 1 aromatic carbocycles. The smallest absolute Gasteiger partial charge is 0.264 e. The zero-order chi connectivity index (χ0) is 13.1. The first-order valence-corrected chi connectivity index (χ1v) is 6.69. The Morgan fingerprint density at radius 2 is 2.00 bits per heavy atom. The summed E-state index contributed by atoms with van der Waals surface area (Å²) in [5, 5.41) is 12.8. The van der Waals surface area contributed by atoms with Gasteiger partial charge in [-0.15, -0.1) is 0 Å². The summed E-state index contributed by atoms with van der Waals surface area (Å²) in [6.45, 7) is 1.91. The van der Waals surface area contributed by atoms with Gasteiger partial charge in [-0.3, -0.25) is 0 Å². The molecule has 0 aliphatic rings. The summed E-state index contributed by atoms with van der Waals surface area (Å²) in [4.78, 5) is 4.05. The first-order valence-electron chi connectivity index (χ1n) is 5.11. The molecule has 1 aromatic heterocycles. The van der Waals surface area contributed by atoms with E-state index in [0.717, 1.165) is 14.5 Å². The molecule has 0 atom stereocenters. The molecule has 0 radical (unpaired) electrons. The third-order valence-corrected chi connectivity index (χ3v) is 3.33. The van der Waals surface area contributed by atoms with E-state index in [1.165, 1.54) is 0 Å². The quantitative estimate of drug-likeness (QED) is 0.886. The van der Waals surface area contributed by atoms with Gasteiger partial charge in [0.2, 0.25) is 0 Å². The molecule has 0 saturated carbocycles. The second-order valence-electron chi connectivity index (χ2n) is 3.57. The SMILES string of the molecule is Cc1noc(COc2c(Br)cc(CO)cc2Br)n1. The average molecular weight is 378 g/mol. The number of aliphatic hydroxyl groups excluding tert-OH is 1. The minimum Gasteiger partial charge on any atom is -0.481 e. The fraction of sp³-hybridized carbons (Fsp3) is 0.273. The lowest BCUT2D eigenvalue weighted by molar-refractivity contribution is 0.239. The first kappa shape index (κ1) is 13.5. The van der Waals surface area contributed by atoms with E-state index < -0.39 is 0 Å². The molecule has 7 heteroatoms. The topological polar surface area (TPSA) is 68.4 Å². The molecule has 0 amide bonds. The molecular weight excluding hydrogens is 368 g/mol. The second kappa shape index (κ2) is 5.81. The standard InChI is InChI=1S/C11H10Br2N2O3/c1-6-14-10(18-15-6)5-17-11-8(12)2-7(4-16)3-9(11)13/h2-3,16H,4-5H2,1H3. The molecule has 96 valence electrons. The summed E-state index contributed by atoms with van der Waals surface area (Å²) in [6.07, 6.45) is 0. The summed E-state index contributed by atoms with van der Waals surface area (Å²) < 4.78 is 12.0. The van der Waals surface area contributed by atoms with Crippen molar-refractivity contribution in [3.63, 3.8) is 0 Å². The zero-order valence-electron chi connectivity index (χ0n) is 9.48. The minimum atomic E-state index is -0.0274. The van der Waals surface area contributed by atoms with Gasteiger partial charge in [0.25, 0.3) is 5.89 Å². The van der Waals surface area contributed by atoms with E-state index in [1.807, 2.05) is 0 Å². The Labute approximate surface area is 120 Å². The highest BCUT2D eigenvalue weighted by Gasteiger charge is 2.11. The average Bonchev–Trinajstić information content (AvgIpc) is 2.73. The Kier molecular flexibility index (Phi) is 4.36. The number of rotatable bonds is 4. The maximum absolute atomic E-state index is 9.07. The predicted octanol–water partition coefficient (Wildman–Crippen LogP) is 2.97. The Bertz CT molecular complexity index is 534. The Hall–Kier alpha value is -0.920. The third kappa shape index (κ3) is 3.09. The summed E-state index contributed by atoms with van der Waals surface area (Å²) in [6, 6.07) is 3.58. The van der Waals surface area contributed by atoms with Crippen LogP contribution in [-0.4, -0.2) is 15.2 Å². The molecule has 18 heavy (non-hydrogen) atoms. The summed E-state index contributed by atoms with van der Waals surface area (Å²) in [5.74, 6) is 1.61. The summed E-state index contributed by atoms with van der Waals surface area (Å²) in [5.41, 5.74) is 0.787. The molecule has 0 bridgehead atoms. The van der Waals surface area contributed by atoms with Crippen LogP contribution in [0.5, 0.6) is 5.75 Å². The molecule has 1 N–H and O–H groups in total. The highest BCUT2D eigenvalue weighted by molar-refractivity contribution is 9.11. The molecule has 2 aromatic rings. The monoisotopic (exact) mass is 376 g/mol. The van der Waals surface area contributed by atoms with Crippen molar-refractivity contribution >= 4 is 31.9 Å². The number of benzene rings is 1. The highest BCUT2D eigenvalue weighted by Crippen LogP contribution is 2.35. The van der Waals surface area contributed by atoms with Crippen molar-refractivity contribution < 1.29 is 14.4 Å². The van der Waals surface area contributed by atoms with Crippen molar-refractivity contribution in [2.24, 2.45) is 0 Å². The van der Waals surface area contributed by atoms with Gasteiger partial charge in [-0.2, -0.15) is 4.98 Å². The molecule has 0 saturated heterocycles. The van der Waals surface area contributed by atoms with Crippen LogP contribution >= 0.6 is 31.9 Å². The van der Waals surface area contributed by atoms with Crippen LogP contribution in [0.2, 0.25) is 0 Å². The van der Waals surface area contributed by atoms with Crippen LogP contribution in [0, 0.1) is 6.92 Å². The van der Waals surface area contributed by atoms with Crippen LogP contribution in [0.4, 0.5) is 0 Å². The van der Waals surface area contributed by atoms with Gasteiger partial charge < -0.3 is 14.4 Å². The summed E-state index contributed by atoms with van der Waals surface area (Å²) >= 11 is 6.77. The number of ether oxygens (including phenoxy) is 1. The number of aryl methyl sites for hydroxylation is 1. The number of aromatic nitrogens is 2. The second-order valence-corrected chi connectivity index (χ2v) is 5.28. The molecule has 0 spiro atoms. The van der Waals surface area contributed by atoms with E-state index in [-0.39, 0.29) is 13.2 Å². The van der Waals surface area contributed by atoms with Gasteiger partial charge in [0, 0.05) is 0 Å². The Balaban J connectivity index is 2.14. The fourth-order valence-corrected chi connectivity index (χ4v) is 2.88. The van der Waals surface area contributed by atoms with Crippen molar-refractivity contribution in [2.75, 3.05) is 0 Å². The van der Waals surface area contributed by atoms with Gasteiger partial charge in [-0.1, -0.05) is 5.16 Å². The minimum absolute atomic E-state index is 0.0274. The van der Waals surface area contributed by atoms with E-state index >= 15 is 0 Å². The van der Waals surface area contributed by atoms with Gasteiger partial charge >= 0.3 is 0 Å². The van der Waals surface area contributed by atoms with Crippen LogP contribution < -0.4 is 4.74 Å². The lowest BCUT2D eigenvalue weighted by atomic mass is 10.2. The lowest BCUT2D eigenvalue weighted by Crippen LogP contribution is -1.98. The van der Waals surface area contributed by atoms with E-state index in [2.05, 4.69) is 42.0 Å². The number of aliphatic hydroxyl groups is 1. The third-order valence-electron chi connectivity index (χ3n) is 2.15. The first-order chi connectivity index (χ1) is 8.60. The number of nitrogens with zero attached hydrogens (tertiary/aromatic N) is 2. The summed E-state index contributed by atoms with van der Waals surface area (Å²) in [7, 11) is 0. The molecular formula is C11H10Br2N2O3. The zero-order valence-corrected chi connectivity index (χ0v) is 12.7. The molecule has 2 rings (SSSR count). The van der Waals surface area contributed by atoms with E-state index in [1.54, 1.807) is 19.1 Å². The van der Waals surface area contributed by atoms with Crippen LogP contribution in [0.3, 0.4) is 0 Å². The van der Waals surface area contributed by atoms with Crippen LogP contribution in [-0.2, 0) is 13.2 Å². The Morgan fingerprint density at radius 3 is 2.50 bits per heavy atom. The van der Waals surface area contributed by atoms with Gasteiger partial charge in [0.1, 0.15) is 5.75 Å². The van der Waals surface area contributed by atoms with Crippen LogP contribution in [0.25, 0.3) is 0 Å².